The van der Waals surface area contributed by atoms with E-state index in [1.807, 2.05) is 0 Å². The van der Waals surface area contributed by atoms with Crippen molar-refractivity contribution in [2.24, 2.45) is 5.73 Å². The third-order valence-corrected chi connectivity index (χ3v) is 5.89. The molecule has 10 nitrogen and oxygen atoms in total. The van der Waals surface area contributed by atoms with Gasteiger partial charge in [0.25, 0.3) is 0 Å². The van der Waals surface area contributed by atoms with E-state index in [-0.39, 0.29) is 40.6 Å². The number of halogens is 1. The van der Waals surface area contributed by atoms with Crippen LogP contribution in [0, 0.1) is 5.41 Å². The molecule has 32 heavy (non-hydrogen) atoms. The van der Waals surface area contributed by atoms with E-state index in [0.717, 1.165) is 71.4 Å². The minimum atomic E-state index is -0.366. The highest BCUT2D eigenvalue weighted by atomic mass is 35.5. The number of unbranched alkanes of at least 4 members (excludes halogenated alkanes) is 3. The van der Waals surface area contributed by atoms with Gasteiger partial charge in [0.1, 0.15) is 0 Å². The van der Waals surface area contributed by atoms with E-state index >= 15 is 0 Å². The van der Waals surface area contributed by atoms with Gasteiger partial charge in [0.05, 0.1) is 6.42 Å². The molecule has 0 unspecified atom stereocenters. The van der Waals surface area contributed by atoms with E-state index in [4.69, 9.17) is 34.2 Å². The lowest BCUT2D eigenvalue weighted by Gasteiger charge is -2.34. The monoisotopic (exact) mass is 466 g/mol. The summed E-state index contributed by atoms with van der Waals surface area (Å²) >= 11 is 5.81. The number of nitrogen functional groups attached to an aromatic ring is 2. The van der Waals surface area contributed by atoms with Crippen molar-refractivity contribution in [2.75, 3.05) is 50.7 Å². The molecule has 0 saturated carbocycles. The molecule has 0 aliphatic carbocycles. The molecule has 1 fully saturated rings. The summed E-state index contributed by atoms with van der Waals surface area (Å²) in [5.74, 6) is -0.662. The molecule has 0 spiro atoms. The maximum atomic E-state index is 12.3. The van der Waals surface area contributed by atoms with E-state index in [1.54, 1.807) is 0 Å². The average Bonchev–Trinajstić information content (AvgIpc) is 2.74. The number of carbonyl (C=O) groups excluding carboxylic acids is 2. The van der Waals surface area contributed by atoms with Crippen LogP contribution >= 0.6 is 11.6 Å². The number of carbonyl (C=O) groups is 2. The average molecular weight is 467 g/mol. The second kappa shape index (κ2) is 13.3. The third-order valence-electron chi connectivity index (χ3n) is 5.61. The molecule has 0 atom stereocenters. The van der Waals surface area contributed by atoms with Crippen LogP contribution in [0.3, 0.4) is 0 Å². The Hall–Kier alpha value is -2.30. The van der Waals surface area contributed by atoms with E-state index < -0.39 is 0 Å². The summed E-state index contributed by atoms with van der Waals surface area (Å²) in [5, 5.41) is 8.01. The van der Waals surface area contributed by atoms with E-state index in [0.29, 0.717) is 18.6 Å². The number of ketones is 1. The highest BCUT2D eigenvalue weighted by Crippen LogP contribution is 2.19. The lowest BCUT2D eigenvalue weighted by atomic mass is 10.0. The molecule has 7 N–H and O–H groups in total. The normalized spacial score (nSPS) is 15.0. The number of nitrogens with one attached hydrogen (secondary N) is 1. The first-order valence-corrected chi connectivity index (χ1v) is 11.5. The van der Waals surface area contributed by atoms with Gasteiger partial charge in [-0.25, -0.2) is 9.97 Å². The molecule has 0 radical (unpaired) electrons. The molecule has 1 aromatic heterocycles. The summed E-state index contributed by atoms with van der Waals surface area (Å²) in [6, 6.07) is 0. The second-order valence-corrected chi connectivity index (χ2v) is 8.61. The van der Waals surface area contributed by atoms with Crippen LogP contribution < -0.4 is 17.2 Å². The second-order valence-electron chi connectivity index (χ2n) is 8.25. The predicted molar refractivity (Wildman–Crippen MR) is 127 cm³/mol. The zero-order valence-electron chi connectivity index (χ0n) is 18.6. The van der Waals surface area contributed by atoms with Crippen LogP contribution in [-0.2, 0) is 4.79 Å². The first kappa shape index (κ1) is 26.0. The van der Waals surface area contributed by atoms with Gasteiger partial charge in [0, 0.05) is 38.3 Å². The zero-order valence-corrected chi connectivity index (χ0v) is 19.4. The van der Waals surface area contributed by atoms with Crippen LogP contribution in [0.4, 0.5) is 11.6 Å². The number of anilines is 2. The minimum Gasteiger partial charge on any atom is -0.382 e. The van der Waals surface area contributed by atoms with Crippen LogP contribution in [0.1, 0.15) is 61.9 Å². The summed E-state index contributed by atoms with van der Waals surface area (Å²) in [4.78, 5) is 35.7. The Morgan fingerprint density at radius 1 is 0.875 bits per heavy atom. The number of piperazine rings is 1. The van der Waals surface area contributed by atoms with Crippen molar-refractivity contribution in [3.63, 3.8) is 0 Å². The highest BCUT2D eigenvalue weighted by molar-refractivity contribution is 6.31. The molecule has 1 saturated heterocycles. The third kappa shape index (κ3) is 9.05. The number of nitrogens with two attached hydrogens (primary N) is 3. The van der Waals surface area contributed by atoms with E-state index in [9.17, 15) is 9.59 Å². The first-order valence-electron chi connectivity index (χ1n) is 11.2. The predicted octanol–water partition coefficient (Wildman–Crippen LogP) is 1.72. The van der Waals surface area contributed by atoms with Crippen molar-refractivity contribution in [3.8, 4) is 0 Å². The first-order chi connectivity index (χ1) is 15.3. The molecule has 2 heterocycles. The molecule has 1 aliphatic rings. The van der Waals surface area contributed by atoms with Gasteiger partial charge in [-0.15, -0.1) is 0 Å². The fourth-order valence-electron chi connectivity index (χ4n) is 3.73. The van der Waals surface area contributed by atoms with Gasteiger partial charge in [-0.3, -0.25) is 9.59 Å². The molecule has 1 amide bonds. The van der Waals surface area contributed by atoms with Crippen molar-refractivity contribution in [1.82, 2.24) is 19.8 Å². The molecule has 1 aliphatic heterocycles. The molecular formula is C21H35ClN8O2. The number of Topliss-reactive ketones (excluding diaryl/α,β-unsaturated/α-hetero) is 1. The standard InChI is InChI=1S/C21H35ClN8O2/c22-19-21(26)28-20(25)18(27-19)16(31)14-15(23)6-2-1-4-8-29-10-12-30(13-11-29)9-5-3-7-17(24)32/h23H,1-14H2,(H2,24,32)(H4,25,26,28). The molecular weight excluding hydrogens is 432 g/mol. The van der Waals surface area contributed by atoms with Gasteiger partial charge < -0.3 is 32.4 Å². The van der Waals surface area contributed by atoms with Crippen LogP contribution in [0.5, 0.6) is 0 Å². The smallest absolute Gasteiger partial charge is 0.217 e. The largest absolute Gasteiger partial charge is 0.382 e. The number of hydrogen-bond acceptors (Lipinski definition) is 9. The Kier molecular flexibility index (Phi) is 10.8. The number of primary amides is 1. The van der Waals surface area contributed by atoms with Crippen LogP contribution in [-0.4, -0.2) is 76.4 Å². The summed E-state index contributed by atoms with van der Waals surface area (Å²) in [5.41, 5.74) is 16.7. The van der Waals surface area contributed by atoms with Gasteiger partial charge in [0.15, 0.2) is 28.3 Å². The van der Waals surface area contributed by atoms with Crippen molar-refractivity contribution in [2.45, 2.75) is 51.4 Å². The lowest BCUT2D eigenvalue weighted by Crippen LogP contribution is -2.46. The number of rotatable bonds is 14. The SMILES string of the molecule is N=C(CCCCCN1CCN(CCCCC(N)=O)CC1)CC(=O)c1nc(Cl)c(N)nc1N. The summed E-state index contributed by atoms with van der Waals surface area (Å²) < 4.78 is 0. The Morgan fingerprint density at radius 3 is 2.03 bits per heavy atom. The Morgan fingerprint density at radius 2 is 1.44 bits per heavy atom. The van der Waals surface area contributed by atoms with E-state index in [2.05, 4.69) is 19.8 Å². The van der Waals surface area contributed by atoms with E-state index in [1.165, 1.54) is 0 Å². The topological polar surface area (TPSA) is 168 Å². The molecule has 0 aromatic carbocycles. The van der Waals surface area contributed by atoms with Crippen molar-refractivity contribution >= 4 is 40.6 Å². The lowest BCUT2D eigenvalue weighted by molar-refractivity contribution is -0.118. The van der Waals surface area contributed by atoms with Gasteiger partial charge in [-0.05, 0) is 45.2 Å². The molecule has 0 bridgehead atoms. The summed E-state index contributed by atoms with van der Waals surface area (Å²) in [6.07, 6.45) is 5.85. The number of hydrogen-bond donors (Lipinski definition) is 4. The van der Waals surface area contributed by atoms with Crippen molar-refractivity contribution in [1.29, 1.82) is 5.41 Å². The van der Waals surface area contributed by atoms with Gasteiger partial charge in [0.2, 0.25) is 5.91 Å². The van der Waals surface area contributed by atoms with Crippen LogP contribution in [0.15, 0.2) is 0 Å². The molecule has 2 rings (SSSR count). The van der Waals surface area contributed by atoms with Gasteiger partial charge >= 0.3 is 0 Å². The number of amides is 1. The Balaban J connectivity index is 1.55. The molecule has 1 aromatic rings. The summed E-state index contributed by atoms with van der Waals surface area (Å²) in [7, 11) is 0. The Labute approximate surface area is 194 Å². The van der Waals surface area contributed by atoms with Crippen LogP contribution in [0.25, 0.3) is 0 Å². The zero-order chi connectivity index (χ0) is 23.5. The van der Waals surface area contributed by atoms with Gasteiger partial charge in [-0.1, -0.05) is 18.0 Å². The Bertz CT molecular complexity index is 796. The maximum absolute atomic E-state index is 12.3. The van der Waals surface area contributed by atoms with Crippen LogP contribution in [0.2, 0.25) is 5.15 Å². The number of aromatic nitrogens is 2. The van der Waals surface area contributed by atoms with Gasteiger partial charge in [-0.2, -0.15) is 0 Å². The van der Waals surface area contributed by atoms with Crippen molar-refractivity contribution in [3.05, 3.63) is 10.8 Å². The highest BCUT2D eigenvalue weighted by Gasteiger charge is 2.18. The fraction of sp³-hybridized carbons (Fsp3) is 0.667. The molecule has 11 heteroatoms. The quantitative estimate of drug-likeness (QED) is 0.182. The molecule has 178 valence electrons. The maximum Gasteiger partial charge on any atom is 0.217 e. The summed E-state index contributed by atoms with van der Waals surface area (Å²) in [6.45, 7) is 6.33. The number of nitrogens with zero attached hydrogens (tertiary/aromatic N) is 4. The van der Waals surface area contributed by atoms with Crippen molar-refractivity contribution < 1.29 is 9.59 Å². The fourth-order valence-corrected chi connectivity index (χ4v) is 3.86. The minimum absolute atomic E-state index is 0.0163.